The Morgan fingerprint density at radius 2 is 2.26 bits per heavy atom. The van der Waals surface area contributed by atoms with Gasteiger partial charge in [-0.15, -0.1) is 0 Å². The third-order valence-corrected chi connectivity index (χ3v) is 3.56. The molecule has 1 unspecified atom stereocenters. The molecule has 3 nitrogen and oxygen atoms in total. The second kappa shape index (κ2) is 5.49. The third kappa shape index (κ3) is 2.38. The molecule has 0 saturated heterocycles. The fourth-order valence-electron chi connectivity index (χ4n) is 2.69. The lowest BCUT2D eigenvalue weighted by Crippen LogP contribution is -2.23. The van der Waals surface area contributed by atoms with Crippen molar-refractivity contribution in [2.75, 3.05) is 13.2 Å². The normalized spacial score (nSPS) is 15.6. The van der Waals surface area contributed by atoms with Gasteiger partial charge in [0.25, 0.3) is 0 Å². The van der Waals surface area contributed by atoms with E-state index < -0.39 is 0 Å². The number of nitrogens with one attached hydrogen (secondary N) is 1. The summed E-state index contributed by atoms with van der Waals surface area (Å²) < 4.78 is 11.1. The second-order valence-corrected chi connectivity index (χ2v) is 4.83. The van der Waals surface area contributed by atoms with Crippen LogP contribution in [0.3, 0.4) is 0 Å². The largest absolute Gasteiger partial charge is 0.493 e. The summed E-state index contributed by atoms with van der Waals surface area (Å²) in [7, 11) is 0. The minimum atomic E-state index is 0.136. The van der Waals surface area contributed by atoms with E-state index in [-0.39, 0.29) is 6.04 Å². The van der Waals surface area contributed by atoms with Crippen molar-refractivity contribution in [3.63, 3.8) is 0 Å². The SMILES string of the molecule is CCNC(c1ccoc1)c1cccc2c1OCCC2. The minimum absolute atomic E-state index is 0.136. The Balaban J connectivity index is 2.03. The highest BCUT2D eigenvalue weighted by Gasteiger charge is 2.22. The highest BCUT2D eigenvalue weighted by Crippen LogP contribution is 2.35. The van der Waals surface area contributed by atoms with Gasteiger partial charge in [0.15, 0.2) is 0 Å². The number of benzene rings is 1. The summed E-state index contributed by atoms with van der Waals surface area (Å²) in [6.07, 6.45) is 5.73. The van der Waals surface area contributed by atoms with Gasteiger partial charge in [0.2, 0.25) is 0 Å². The standard InChI is InChI=1S/C16H19NO2/c1-2-17-15(13-8-10-18-11-13)14-7-3-5-12-6-4-9-19-16(12)14/h3,5,7-8,10-11,15,17H,2,4,6,9H2,1H3. The Morgan fingerprint density at radius 1 is 1.32 bits per heavy atom. The number of rotatable bonds is 4. The van der Waals surface area contributed by atoms with Crippen molar-refractivity contribution < 1.29 is 9.15 Å². The lowest BCUT2D eigenvalue weighted by molar-refractivity contribution is 0.283. The van der Waals surface area contributed by atoms with Gasteiger partial charge < -0.3 is 14.5 Å². The first-order valence-electron chi connectivity index (χ1n) is 6.90. The maximum atomic E-state index is 5.91. The van der Waals surface area contributed by atoms with Crippen molar-refractivity contribution in [2.45, 2.75) is 25.8 Å². The molecule has 2 aromatic rings. The van der Waals surface area contributed by atoms with E-state index in [1.165, 1.54) is 11.1 Å². The summed E-state index contributed by atoms with van der Waals surface area (Å²) in [6, 6.07) is 8.57. The van der Waals surface area contributed by atoms with Crippen molar-refractivity contribution >= 4 is 0 Å². The Bertz CT molecular complexity index is 534. The smallest absolute Gasteiger partial charge is 0.127 e. The molecule has 19 heavy (non-hydrogen) atoms. The van der Waals surface area contributed by atoms with Crippen LogP contribution in [0.5, 0.6) is 5.75 Å². The van der Waals surface area contributed by atoms with Gasteiger partial charge >= 0.3 is 0 Å². The van der Waals surface area contributed by atoms with Crippen molar-refractivity contribution in [1.29, 1.82) is 0 Å². The maximum Gasteiger partial charge on any atom is 0.127 e. The molecular weight excluding hydrogens is 238 g/mol. The lowest BCUT2D eigenvalue weighted by atomic mass is 9.95. The molecule has 3 rings (SSSR count). The molecule has 0 aliphatic carbocycles. The van der Waals surface area contributed by atoms with Crippen molar-refractivity contribution in [3.05, 3.63) is 53.5 Å². The van der Waals surface area contributed by atoms with Crippen LogP contribution in [0, 0.1) is 0 Å². The lowest BCUT2D eigenvalue weighted by Gasteiger charge is -2.25. The Morgan fingerprint density at radius 3 is 3.05 bits per heavy atom. The van der Waals surface area contributed by atoms with Gasteiger partial charge in [-0.25, -0.2) is 0 Å². The zero-order valence-corrected chi connectivity index (χ0v) is 11.2. The highest BCUT2D eigenvalue weighted by molar-refractivity contribution is 5.47. The number of para-hydroxylation sites is 1. The van der Waals surface area contributed by atoms with Gasteiger partial charge in [-0.2, -0.15) is 0 Å². The molecule has 0 fully saturated rings. The molecule has 1 atom stereocenters. The molecule has 1 aromatic heterocycles. The fourth-order valence-corrected chi connectivity index (χ4v) is 2.69. The minimum Gasteiger partial charge on any atom is -0.493 e. The third-order valence-electron chi connectivity index (χ3n) is 3.56. The molecule has 1 aliphatic heterocycles. The summed E-state index contributed by atoms with van der Waals surface area (Å²) in [6.45, 7) is 3.83. The van der Waals surface area contributed by atoms with Gasteiger partial charge in [0.05, 0.1) is 25.2 Å². The van der Waals surface area contributed by atoms with Crippen molar-refractivity contribution in [1.82, 2.24) is 5.32 Å². The molecule has 1 aliphatic rings. The van der Waals surface area contributed by atoms with E-state index in [9.17, 15) is 0 Å². The summed E-state index contributed by atoms with van der Waals surface area (Å²) >= 11 is 0. The first-order valence-corrected chi connectivity index (χ1v) is 6.90. The fraction of sp³-hybridized carbons (Fsp3) is 0.375. The van der Waals surface area contributed by atoms with E-state index in [1.54, 1.807) is 12.5 Å². The Hall–Kier alpha value is -1.74. The molecule has 0 amide bonds. The molecule has 1 N–H and O–H groups in total. The first kappa shape index (κ1) is 12.3. The predicted octanol–water partition coefficient (Wildman–Crippen LogP) is 3.30. The van der Waals surface area contributed by atoms with Crippen LogP contribution in [0.1, 0.15) is 36.1 Å². The molecule has 3 heteroatoms. The van der Waals surface area contributed by atoms with E-state index in [4.69, 9.17) is 9.15 Å². The van der Waals surface area contributed by atoms with E-state index >= 15 is 0 Å². The van der Waals surface area contributed by atoms with Crippen LogP contribution in [-0.2, 0) is 6.42 Å². The molecule has 0 radical (unpaired) electrons. The summed E-state index contributed by atoms with van der Waals surface area (Å²) in [5.74, 6) is 1.06. The number of fused-ring (bicyclic) bond motifs is 1. The van der Waals surface area contributed by atoms with E-state index in [1.807, 2.05) is 6.07 Å². The van der Waals surface area contributed by atoms with Crippen LogP contribution in [0.15, 0.2) is 41.2 Å². The Kier molecular flexibility index (Phi) is 3.56. The molecule has 1 aromatic carbocycles. The average molecular weight is 257 g/mol. The molecule has 0 saturated carbocycles. The van der Waals surface area contributed by atoms with E-state index in [0.29, 0.717) is 0 Å². The molecule has 100 valence electrons. The van der Waals surface area contributed by atoms with Crippen LogP contribution in [0.25, 0.3) is 0 Å². The number of ether oxygens (including phenoxy) is 1. The van der Waals surface area contributed by atoms with E-state index in [2.05, 4.69) is 30.4 Å². The summed E-state index contributed by atoms with van der Waals surface area (Å²) in [4.78, 5) is 0. The maximum absolute atomic E-state index is 5.91. The van der Waals surface area contributed by atoms with Gasteiger partial charge in [-0.05, 0) is 31.0 Å². The predicted molar refractivity (Wildman–Crippen MR) is 74.5 cm³/mol. The van der Waals surface area contributed by atoms with Gasteiger partial charge in [-0.3, -0.25) is 0 Å². The zero-order valence-electron chi connectivity index (χ0n) is 11.2. The highest BCUT2D eigenvalue weighted by atomic mass is 16.5. The topological polar surface area (TPSA) is 34.4 Å². The number of hydrogen-bond donors (Lipinski definition) is 1. The quantitative estimate of drug-likeness (QED) is 0.912. The van der Waals surface area contributed by atoms with Crippen LogP contribution in [0.2, 0.25) is 0 Å². The van der Waals surface area contributed by atoms with Crippen LogP contribution in [-0.4, -0.2) is 13.2 Å². The summed E-state index contributed by atoms with van der Waals surface area (Å²) in [5, 5.41) is 3.51. The van der Waals surface area contributed by atoms with E-state index in [0.717, 1.165) is 37.3 Å². The van der Waals surface area contributed by atoms with Crippen LogP contribution < -0.4 is 10.1 Å². The monoisotopic (exact) mass is 257 g/mol. The molecule has 0 spiro atoms. The average Bonchev–Trinajstić information content (AvgIpc) is 2.98. The van der Waals surface area contributed by atoms with Gasteiger partial charge in [0, 0.05) is 11.1 Å². The van der Waals surface area contributed by atoms with Crippen LogP contribution in [0.4, 0.5) is 0 Å². The number of furan rings is 1. The Labute approximate surface area is 113 Å². The van der Waals surface area contributed by atoms with Gasteiger partial charge in [-0.1, -0.05) is 25.1 Å². The van der Waals surface area contributed by atoms with Crippen molar-refractivity contribution in [2.24, 2.45) is 0 Å². The summed E-state index contributed by atoms with van der Waals surface area (Å²) in [5.41, 5.74) is 3.67. The molecule has 0 bridgehead atoms. The first-order chi connectivity index (χ1) is 9.40. The molecule has 2 heterocycles. The van der Waals surface area contributed by atoms with Crippen LogP contribution >= 0.6 is 0 Å². The molecular formula is C16H19NO2. The number of hydrogen-bond acceptors (Lipinski definition) is 3. The zero-order chi connectivity index (χ0) is 13.1. The number of aryl methyl sites for hydroxylation is 1. The second-order valence-electron chi connectivity index (χ2n) is 4.83. The van der Waals surface area contributed by atoms with Gasteiger partial charge in [0.1, 0.15) is 5.75 Å². The van der Waals surface area contributed by atoms with Crippen molar-refractivity contribution in [3.8, 4) is 5.75 Å².